The van der Waals surface area contributed by atoms with Crippen LogP contribution >= 0.6 is 0 Å². The van der Waals surface area contributed by atoms with Crippen molar-refractivity contribution in [3.63, 3.8) is 0 Å². The van der Waals surface area contributed by atoms with Gasteiger partial charge in [-0.2, -0.15) is 0 Å². The number of carbonyl (C=O) groups is 3. The number of amides is 3. The number of hydrogen-bond donors (Lipinski definition) is 0. The van der Waals surface area contributed by atoms with Gasteiger partial charge in [-0.3, -0.25) is 19.3 Å². The molecule has 0 spiro atoms. The zero-order valence-electron chi connectivity index (χ0n) is 40.3. The van der Waals surface area contributed by atoms with Crippen LogP contribution in [0, 0.1) is 0 Å². The lowest BCUT2D eigenvalue weighted by molar-refractivity contribution is -0.145. The van der Waals surface area contributed by atoms with E-state index >= 15 is 0 Å². The van der Waals surface area contributed by atoms with Gasteiger partial charge in [0.25, 0.3) is 0 Å². The van der Waals surface area contributed by atoms with Crippen molar-refractivity contribution in [3.8, 4) is 0 Å². The molecule has 14 heteroatoms. The number of carbonyl (C=O) groups excluding carboxylic acids is 3. The summed E-state index contributed by atoms with van der Waals surface area (Å²) in [6.45, 7) is 20.7. The minimum absolute atomic E-state index is 0.0836. The second-order valence-corrected chi connectivity index (χ2v) is 26.1. The van der Waals surface area contributed by atoms with Crippen molar-refractivity contribution in [2.75, 3.05) is 88.6 Å². The van der Waals surface area contributed by atoms with Crippen LogP contribution in [0.4, 0.5) is 11.4 Å². The van der Waals surface area contributed by atoms with Gasteiger partial charge in [-0.15, -0.1) is 0 Å². The predicted molar refractivity (Wildman–Crippen MR) is 269 cm³/mol. The first-order valence-electron chi connectivity index (χ1n) is 23.1. The number of sulfone groups is 1. The zero-order valence-corrected chi connectivity index (χ0v) is 42.1. The normalized spacial score (nSPS) is 15.8. The molecule has 6 rings (SSSR count). The SMILES string of the molecule is CC(=O)N1CCN(c2ccc(CN(C(=O)/C=C\c3ccc(S(C)(=O)=O)cc3)[C@@H](Cc3ccccc3)C(=O)N3CCN(Cc4ccc(N(C)CCO[Si](C)(C)C(C)(C)C)cc4)CC3)cc2)CC1. The molecule has 2 saturated heterocycles. The van der Waals surface area contributed by atoms with Gasteiger partial charge in [0.2, 0.25) is 17.7 Å². The van der Waals surface area contributed by atoms with Crippen molar-refractivity contribution in [1.29, 1.82) is 0 Å². The second kappa shape index (κ2) is 22.0. The van der Waals surface area contributed by atoms with E-state index in [2.05, 4.69) is 79.9 Å². The molecule has 3 amide bonds. The van der Waals surface area contributed by atoms with Gasteiger partial charge in [0.15, 0.2) is 18.2 Å². The Hall–Kier alpha value is -5.28. The fourth-order valence-electron chi connectivity index (χ4n) is 8.12. The first kappa shape index (κ1) is 50.1. The molecule has 66 heavy (non-hydrogen) atoms. The maximum Gasteiger partial charge on any atom is 0.247 e. The zero-order chi connectivity index (χ0) is 47.6. The van der Waals surface area contributed by atoms with Crippen molar-refractivity contribution < 1.29 is 27.2 Å². The average molecular weight is 935 g/mol. The van der Waals surface area contributed by atoms with Gasteiger partial charge < -0.3 is 28.9 Å². The van der Waals surface area contributed by atoms with E-state index in [0.717, 1.165) is 54.9 Å². The predicted octanol–water partition coefficient (Wildman–Crippen LogP) is 7.21. The van der Waals surface area contributed by atoms with Gasteiger partial charge in [-0.25, -0.2) is 8.42 Å². The molecular formula is C52H70N6O6SSi. The first-order valence-corrected chi connectivity index (χ1v) is 27.9. The van der Waals surface area contributed by atoms with Gasteiger partial charge >= 0.3 is 0 Å². The van der Waals surface area contributed by atoms with Gasteiger partial charge in [-0.1, -0.05) is 87.5 Å². The minimum Gasteiger partial charge on any atom is -0.415 e. The molecule has 1 atom stereocenters. The van der Waals surface area contributed by atoms with Gasteiger partial charge in [0.05, 0.1) is 11.5 Å². The lowest BCUT2D eigenvalue weighted by Gasteiger charge is -2.39. The molecule has 354 valence electrons. The molecule has 4 aromatic carbocycles. The summed E-state index contributed by atoms with van der Waals surface area (Å²) in [5.74, 6) is -0.334. The van der Waals surface area contributed by atoms with Gasteiger partial charge in [0, 0.05) is 116 Å². The number of nitrogens with zero attached hydrogens (tertiary/aromatic N) is 6. The van der Waals surface area contributed by atoms with Crippen LogP contribution in [0.25, 0.3) is 6.08 Å². The average Bonchev–Trinajstić information content (AvgIpc) is 3.29. The van der Waals surface area contributed by atoms with E-state index in [-0.39, 0.29) is 34.2 Å². The van der Waals surface area contributed by atoms with Crippen LogP contribution in [0.1, 0.15) is 49.9 Å². The highest BCUT2D eigenvalue weighted by Gasteiger charge is 2.37. The monoisotopic (exact) mass is 934 g/mol. The van der Waals surface area contributed by atoms with Crippen molar-refractivity contribution in [1.82, 2.24) is 19.6 Å². The summed E-state index contributed by atoms with van der Waals surface area (Å²) < 4.78 is 30.6. The standard InChI is InChI=1S/C52H70N6O6SSi/c1-41(59)55-32-34-56(35-33-55)47-23-16-45(17-24-47)40-58(50(60)27-20-42-18-25-48(26-19-42)65(6,62)63)49(38-43-12-10-9-11-13-43)51(61)57-30-28-54(29-31-57)39-44-14-21-46(22-15-44)53(5)36-37-64-66(7,8)52(2,3)4/h9-27,49H,28-40H2,1-8H3/b27-20-/t49-/m0/s1. The van der Waals surface area contributed by atoms with E-state index in [1.165, 1.54) is 23.8 Å². The van der Waals surface area contributed by atoms with Gasteiger partial charge in [0.1, 0.15) is 6.04 Å². The first-order chi connectivity index (χ1) is 31.3. The highest BCUT2D eigenvalue weighted by Crippen LogP contribution is 2.36. The topological polar surface area (TPSA) is 114 Å². The Balaban J connectivity index is 1.16. The molecule has 2 aliphatic heterocycles. The quantitative estimate of drug-likeness (QED) is 0.0801. The summed E-state index contributed by atoms with van der Waals surface area (Å²) >= 11 is 0. The van der Waals surface area contributed by atoms with Crippen LogP contribution < -0.4 is 9.80 Å². The Kier molecular flexibility index (Phi) is 16.7. The summed E-state index contributed by atoms with van der Waals surface area (Å²) in [6, 6.07) is 32.3. The van der Waals surface area contributed by atoms with Crippen LogP contribution in [0.3, 0.4) is 0 Å². The van der Waals surface area contributed by atoms with Crippen LogP contribution in [-0.4, -0.2) is 139 Å². The molecule has 0 bridgehead atoms. The summed E-state index contributed by atoms with van der Waals surface area (Å²) in [4.78, 5) is 53.9. The third-order valence-corrected chi connectivity index (χ3v) is 19.2. The molecule has 2 heterocycles. The molecule has 0 N–H and O–H groups in total. The Bertz CT molecular complexity index is 2370. The summed E-state index contributed by atoms with van der Waals surface area (Å²) in [5.41, 5.74) is 5.90. The molecule has 2 fully saturated rings. The Morgan fingerprint density at radius 2 is 1.35 bits per heavy atom. The Labute approximate surface area is 394 Å². The maximum atomic E-state index is 14.9. The second-order valence-electron chi connectivity index (χ2n) is 19.3. The summed E-state index contributed by atoms with van der Waals surface area (Å²) in [6.07, 6.45) is 4.65. The van der Waals surface area contributed by atoms with Crippen LogP contribution in [0.2, 0.25) is 18.1 Å². The molecule has 0 aromatic heterocycles. The van der Waals surface area contributed by atoms with E-state index in [1.807, 2.05) is 64.4 Å². The molecular weight excluding hydrogens is 865 g/mol. The van der Waals surface area contributed by atoms with Crippen molar-refractivity contribution in [2.45, 2.75) is 76.3 Å². The van der Waals surface area contributed by atoms with E-state index < -0.39 is 24.2 Å². The minimum atomic E-state index is -3.38. The third-order valence-electron chi connectivity index (χ3n) is 13.5. The molecule has 0 radical (unpaired) electrons. The fourth-order valence-corrected chi connectivity index (χ4v) is 9.79. The van der Waals surface area contributed by atoms with E-state index in [9.17, 15) is 22.8 Å². The van der Waals surface area contributed by atoms with Gasteiger partial charge in [-0.05, 0) is 82.9 Å². The number of anilines is 2. The number of piperazine rings is 2. The maximum absolute atomic E-state index is 14.9. The number of rotatable bonds is 17. The largest absolute Gasteiger partial charge is 0.415 e. The molecule has 4 aromatic rings. The molecule has 12 nitrogen and oxygen atoms in total. The van der Waals surface area contributed by atoms with Crippen molar-refractivity contribution in [3.05, 3.63) is 131 Å². The smallest absolute Gasteiger partial charge is 0.247 e. The number of likely N-dealkylation sites (N-methyl/N-ethyl adjacent to an activating group) is 1. The van der Waals surface area contributed by atoms with E-state index in [0.29, 0.717) is 57.9 Å². The molecule has 0 unspecified atom stereocenters. The molecule has 2 aliphatic rings. The number of hydrogen-bond acceptors (Lipinski definition) is 9. The van der Waals surface area contributed by atoms with Crippen LogP contribution in [0.15, 0.2) is 114 Å². The Morgan fingerprint density at radius 1 is 0.758 bits per heavy atom. The molecule has 0 aliphatic carbocycles. The highest BCUT2D eigenvalue weighted by atomic mass is 32.2. The molecule has 0 saturated carbocycles. The lowest BCUT2D eigenvalue weighted by atomic mass is 10.0. The fraction of sp³-hybridized carbons (Fsp3) is 0.442. The summed E-state index contributed by atoms with van der Waals surface area (Å²) in [7, 11) is -3.07. The lowest BCUT2D eigenvalue weighted by Crippen LogP contribution is -2.56. The van der Waals surface area contributed by atoms with Crippen LogP contribution in [0.5, 0.6) is 0 Å². The van der Waals surface area contributed by atoms with E-state index in [4.69, 9.17) is 4.43 Å². The Morgan fingerprint density at radius 3 is 1.92 bits per heavy atom. The number of benzene rings is 4. The van der Waals surface area contributed by atoms with Crippen molar-refractivity contribution >= 4 is 53.3 Å². The van der Waals surface area contributed by atoms with Crippen LogP contribution in [-0.2, 0) is 48.2 Å². The van der Waals surface area contributed by atoms with Crippen molar-refractivity contribution in [2.24, 2.45) is 0 Å². The summed E-state index contributed by atoms with van der Waals surface area (Å²) in [5, 5.41) is 0.179. The highest BCUT2D eigenvalue weighted by molar-refractivity contribution is 7.90. The van der Waals surface area contributed by atoms with E-state index in [1.54, 1.807) is 30.0 Å². The third kappa shape index (κ3) is 13.6.